The van der Waals surface area contributed by atoms with Crippen molar-refractivity contribution in [3.63, 3.8) is 0 Å². The molecule has 146 valence electrons. The minimum Gasteiger partial charge on any atom is -0.471 e. The topological polar surface area (TPSA) is 78.1 Å². The smallest absolute Gasteiger partial charge is 0.244 e. The van der Waals surface area contributed by atoms with E-state index in [0.29, 0.717) is 25.6 Å². The predicted octanol–water partition coefficient (Wildman–Crippen LogP) is 1.79. The van der Waals surface area contributed by atoms with Gasteiger partial charge in [-0.25, -0.2) is 4.98 Å². The molecule has 0 saturated heterocycles. The van der Waals surface area contributed by atoms with Gasteiger partial charge in [0.25, 0.3) is 0 Å². The van der Waals surface area contributed by atoms with E-state index in [-0.39, 0.29) is 12.5 Å². The van der Waals surface area contributed by atoms with E-state index in [4.69, 9.17) is 4.74 Å². The number of carbonyl (C=O) groups is 1. The Balaban J connectivity index is 1.47. The summed E-state index contributed by atoms with van der Waals surface area (Å²) in [5, 5.41) is 8.93. The largest absolute Gasteiger partial charge is 0.471 e. The van der Waals surface area contributed by atoms with E-state index in [9.17, 15) is 4.79 Å². The van der Waals surface area contributed by atoms with Gasteiger partial charge in [0.1, 0.15) is 18.8 Å². The minimum atomic E-state index is 0.0600. The highest BCUT2D eigenvalue weighted by atomic mass is 16.5. The maximum atomic E-state index is 12.7. The first-order valence-corrected chi connectivity index (χ1v) is 9.36. The van der Waals surface area contributed by atoms with Crippen LogP contribution in [-0.4, -0.2) is 41.9 Å². The Hall–Kier alpha value is -3.16. The fourth-order valence-corrected chi connectivity index (χ4v) is 3.52. The number of amides is 1. The minimum absolute atomic E-state index is 0.0600. The van der Waals surface area contributed by atoms with E-state index in [1.165, 1.54) is 0 Å². The lowest BCUT2D eigenvalue weighted by Gasteiger charge is -2.27. The van der Waals surface area contributed by atoms with Crippen molar-refractivity contribution in [2.75, 3.05) is 6.54 Å². The molecule has 3 aromatic heterocycles. The Labute approximate surface area is 163 Å². The third-order valence-corrected chi connectivity index (χ3v) is 5.00. The van der Waals surface area contributed by atoms with Crippen LogP contribution in [0.5, 0.6) is 5.88 Å². The summed E-state index contributed by atoms with van der Waals surface area (Å²) in [7, 11) is 1.94. The van der Waals surface area contributed by atoms with Crippen LogP contribution in [0.15, 0.2) is 30.6 Å². The van der Waals surface area contributed by atoms with E-state index in [0.717, 1.165) is 34.6 Å². The Morgan fingerprint density at radius 1 is 1.25 bits per heavy atom. The monoisotopic (exact) mass is 380 g/mol. The average Bonchev–Trinajstić information content (AvgIpc) is 3.22. The van der Waals surface area contributed by atoms with Crippen LogP contribution in [0.1, 0.15) is 28.2 Å². The molecular weight excluding hydrogens is 356 g/mol. The van der Waals surface area contributed by atoms with Crippen LogP contribution >= 0.6 is 0 Å². The summed E-state index contributed by atoms with van der Waals surface area (Å²) in [6, 6.07) is 5.73. The zero-order valence-corrected chi connectivity index (χ0v) is 16.4. The maximum absolute atomic E-state index is 12.7. The molecule has 0 fully saturated rings. The second-order valence-corrected chi connectivity index (χ2v) is 7.18. The van der Waals surface area contributed by atoms with Crippen LogP contribution in [0, 0.1) is 13.8 Å². The van der Waals surface area contributed by atoms with Gasteiger partial charge in [0.15, 0.2) is 0 Å². The van der Waals surface area contributed by atoms with E-state index >= 15 is 0 Å². The molecule has 1 aliphatic rings. The molecule has 28 heavy (non-hydrogen) atoms. The van der Waals surface area contributed by atoms with E-state index in [2.05, 4.69) is 15.2 Å². The van der Waals surface area contributed by atoms with Crippen molar-refractivity contribution < 1.29 is 9.53 Å². The van der Waals surface area contributed by atoms with Gasteiger partial charge < -0.3 is 9.64 Å². The summed E-state index contributed by atoms with van der Waals surface area (Å²) in [6.45, 7) is 5.73. The van der Waals surface area contributed by atoms with Crippen molar-refractivity contribution in [1.82, 2.24) is 29.4 Å². The molecule has 0 bridgehead atoms. The molecular formula is C20H24N6O2. The van der Waals surface area contributed by atoms with Crippen LogP contribution in [-0.2, 0) is 38.0 Å². The molecule has 3 aromatic rings. The van der Waals surface area contributed by atoms with Gasteiger partial charge in [0.2, 0.25) is 11.8 Å². The molecule has 4 heterocycles. The van der Waals surface area contributed by atoms with Gasteiger partial charge in [-0.15, -0.1) is 0 Å². The van der Waals surface area contributed by atoms with Crippen molar-refractivity contribution in [2.24, 2.45) is 7.05 Å². The van der Waals surface area contributed by atoms with Gasteiger partial charge in [-0.05, 0) is 31.5 Å². The lowest BCUT2D eigenvalue weighted by atomic mass is 10.1. The highest BCUT2D eigenvalue weighted by molar-refractivity contribution is 5.76. The SMILES string of the molecule is Cc1ccnc(OCc2nn(C)c3c2CN(C(=O)Cn2ccc(C)n2)CC3)c1. The number of hydrogen-bond acceptors (Lipinski definition) is 5. The number of rotatable bonds is 5. The molecule has 8 heteroatoms. The Morgan fingerprint density at radius 3 is 2.86 bits per heavy atom. The number of aromatic nitrogens is 5. The summed E-state index contributed by atoms with van der Waals surface area (Å²) >= 11 is 0. The quantitative estimate of drug-likeness (QED) is 0.674. The molecule has 0 N–H and O–H groups in total. The van der Waals surface area contributed by atoms with Gasteiger partial charge in [-0.1, -0.05) is 0 Å². The van der Waals surface area contributed by atoms with Crippen molar-refractivity contribution >= 4 is 5.91 Å². The predicted molar refractivity (Wildman–Crippen MR) is 103 cm³/mol. The molecule has 0 spiro atoms. The van der Waals surface area contributed by atoms with E-state index in [1.807, 2.05) is 54.9 Å². The van der Waals surface area contributed by atoms with Gasteiger partial charge in [0.05, 0.1) is 5.69 Å². The van der Waals surface area contributed by atoms with Crippen LogP contribution in [0.3, 0.4) is 0 Å². The van der Waals surface area contributed by atoms with Gasteiger partial charge in [-0.3, -0.25) is 14.2 Å². The molecule has 1 amide bonds. The molecule has 0 saturated carbocycles. The number of pyridine rings is 1. The standard InChI is InChI=1S/C20H24N6O2/c1-14-4-7-21-19(10-14)28-13-17-16-11-25(8-6-18(16)24(3)23-17)20(27)12-26-9-5-15(2)22-26/h4-5,7,9-10H,6,8,11-13H2,1-3H3. The maximum Gasteiger partial charge on any atom is 0.244 e. The lowest BCUT2D eigenvalue weighted by Crippen LogP contribution is -2.38. The van der Waals surface area contributed by atoms with E-state index < -0.39 is 0 Å². The Bertz CT molecular complexity index is 1010. The molecule has 4 rings (SSSR count). The first-order valence-electron chi connectivity index (χ1n) is 9.36. The number of ether oxygens (including phenoxy) is 1. The number of aryl methyl sites for hydroxylation is 3. The third kappa shape index (κ3) is 3.76. The molecule has 0 aromatic carbocycles. The molecule has 1 aliphatic heterocycles. The summed E-state index contributed by atoms with van der Waals surface area (Å²) in [4.78, 5) is 18.8. The zero-order chi connectivity index (χ0) is 19.7. The normalized spacial score (nSPS) is 13.5. The summed E-state index contributed by atoms with van der Waals surface area (Å²) in [5.41, 5.74) is 5.10. The lowest BCUT2D eigenvalue weighted by molar-refractivity contribution is -0.133. The molecule has 8 nitrogen and oxygen atoms in total. The first kappa shape index (κ1) is 18.2. The van der Waals surface area contributed by atoms with Crippen molar-refractivity contribution in [3.05, 3.63) is 58.8 Å². The van der Waals surface area contributed by atoms with E-state index in [1.54, 1.807) is 10.9 Å². The van der Waals surface area contributed by atoms with Crippen molar-refractivity contribution in [3.8, 4) is 5.88 Å². The van der Waals surface area contributed by atoms with Crippen LogP contribution in [0.4, 0.5) is 0 Å². The van der Waals surface area contributed by atoms with Crippen LogP contribution < -0.4 is 4.74 Å². The van der Waals surface area contributed by atoms with Crippen molar-refractivity contribution in [2.45, 2.75) is 40.0 Å². The van der Waals surface area contributed by atoms with Crippen LogP contribution in [0.2, 0.25) is 0 Å². The molecule has 0 unspecified atom stereocenters. The summed E-state index contributed by atoms with van der Waals surface area (Å²) in [5.74, 6) is 0.641. The molecule has 0 atom stereocenters. The highest BCUT2D eigenvalue weighted by Gasteiger charge is 2.27. The fourth-order valence-electron chi connectivity index (χ4n) is 3.52. The van der Waals surface area contributed by atoms with Gasteiger partial charge in [0, 0.05) is 56.3 Å². The molecule has 0 radical (unpaired) electrons. The van der Waals surface area contributed by atoms with Crippen molar-refractivity contribution in [1.29, 1.82) is 0 Å². The summed E-state index contributed by atoms with van der Waals surface area (Å²) in [6.07, 6.45) is 4.35. The first-order chi connectivity index (χ1) is 13.5. The van der Waals surface area contributed by atoms with Gasteiger partial charge in [-0.2, -0.15) is 10.2 Å². The third-order valence-electron chi connectivity index (χ3n) is 5.00. The highest BCUT2D eigenvalue weighted by Crippen LogP contribution is 2.23. The average molecular weight is 380 g/mol. The number of nitrogens with zero attached hydrogens (tertiary/aromatic N) is 6. The number of carbonyl (C=O) groups excluding carboxylic acids is 1. The number of hydrogen-bond donors (Lipinski definition) is 0. The Morgan fingerprint density at radius 2 is 2.11 bits per heavy atom. The van der Waals surface area contributed by atoms with Crippen LogP contribution in [0.25, 0.3) is 0 Å². The fraction of sp³-hybridized carbons (Fsp3) is 0.400. The second kappa shape index (κ2) is 7.46. The zero-order valence-electron chi connectivity index (χ0n) is 16.4. The second-order valence-electron chi connectivity index (χ2n) is 7.18. The summed E-state index contributed by atoms with van der Waals surface area (Å²) < 4.78 is 9.43. The van der Waals surface area contributed by atoms with Gasteiger partial charge >= 0.3 is 0 Å². The number of fused-ring (bicyclic) bond motifs is 1. The molecule has 0 aliphatic carbocycles. The Kier molecular flexibility index (Phi) is 4.85.